The molecule has 1 N–H and O–H groups in total. The van der Waals surface area contributed by atoms with E-state index in [0.717, 1.165) is 30.4 Å². The van der Waals surface area contributed by atoms with Gasteiger partial charge < -0.3 is 0 Å². The third kappa shape index (κ3) is 5.32. The van der Waals surface area contributed by atoms with Crippen molar-refractivity contribution in [2.24, 2.45) is 0 Å². The highest BCUT2D eigenvalue weighted by molar-refractivity contribution is 7.89. The lowest BCUT2D eigenvalue weighted by Gasteiger charge is -2.23. The summed E-state index contributed by atoms with van der Waals surface area (Å²) < 4.78 is 28.9. The van der Waals surface area contributed by atoms with Gasteiger partial charge in [-0.05, 0) is 40.9 Å². The minimum Gasteiger partial charge on any atom is -0.211 e. The molecule has 0 aliphatic carbocycles. The standard InChI is InChI=1S/C20H35NO2S/c1-8-9-10-11-21-24(22,23)20-18(15(4)5)12-17(14(2)3)13-19(20)16(6)7/h12-16,21H,8-11H2,1-7H3. The zero-order valence-electron chi connectivity index (χ0n) is 16.4. The normalized spacial score (nSPS) is 12.6. The number of hydrogen-bond donors (Lipinski definition) is 1. The molecule has 24 heavy (non-hydrogen) atoms. The fraction of sp³-hybridized carbons (Fsp3) is 0.700. The van der Waals surface area contributed by atoms with Gasteiger partial charge in [-0.2, -0.15) is 0 Å². The lowest BCUT2D eigenvalue weighted by atomic mass is 9.89. The van der Waals surface area contributed by atoms with Crippen LogP contribution in [0.3, 0.4) is 0 Å². The minimum atomic E-state index is -3.48. The number of rotatable bonds is 9. The molecule has 0 saturated heterocycles. The lowest BCUT2D eigenvalue weighted by Crippen LogP contribution is -2.27. The monoisotopic (exact) mass is 353 g/mol. The molecule has 0 aliphatic rings. The lowest BCUT2D eigenvalue weighted by molar-refractivity contribution is 0.571. The van der Waals surface area contributed by atoms with Crippen molar-refractivity contribution in [2.45, 2.75) is 90.4 Å². The van der Waals surface area contributed by atoms with Gasteiger partial charge in [0.2, 0.25) is 10.0 Å². The van der Waals surface area contributed by atoms with E-state index in [1.165, 1.54) is 5.56 Å². The van der Waals surface area contributed by atoms with Crippen molar-refractivity contribution in [3.05, 3.63) is 28.8 Å². The molecule has 0 radical (unpaired) electrons. The Labute approximate surface area is 149 Å². The molecule has 0 bridgehead atoms. The van der Waals surface area contributed by atoms with E-state index in [1.54, 1.807) is 0 Å². The molecule has 3 nitrogen and oxygen atoms in total. The Balaban J connectivity index is 3.43. The molecule has 0 saturated carbocycles. The van der Waals surface area contributed by atoms with Gasteiger partial charge in [-0.3, -0.25) is 0 Å². The first-order chi connectivity index (χ1) is 11.1. The number of unbranched alkanes of at least 4 members (excludes halogenated alkanes) is 2. The van der Waals surface area contributed by atoms with Crippen LogP contribution in [0, 0.1) is 0 Å². The molecule has 0 atom stereocenters. The second kappa shape index (κ2) is 9.00. The average molecular weight is 354 g/mol. The van der Waals surface area contributed by atoms with Crippen LogP contribution in [0.2, 0.25) is 0 Å². The molecule has 0 spiro atoms. The SMILES string of the molecule is CCCCCNS(=O)(=O)c1c(C(C)C)cc(C(C)C)cc1C(C)C. The topological polar surface area (TPSA) is 46.2 Å². The number of nitrogens with one attached hydrogen (secondary N) is 1. The van der Waals surface area contributed by atoms with Crippen LogP contribution in [0.4, 0.5) is 0 Å². The maximum absolute atomic E-state index is 13.0. The molecule has 1 aromatic rings. The Bertz CT molecular complexity index is 602. The summed E-state index contributed by atoms with van der Waals surface area (Å²) >= 11 is 0. The highest BCUT2D eigenvalue weighted by Crippen LogP contribution is 2.34. The summed E-state index contributed by atoms with van der Waals surface area (Å²) in [6.45, 7) is 15.2. The largest absolute Gasteiger partial charge is 0.241 e. The van der Waals surface area contributed by atoms with E-state index in [-0.39, 0.29) is 11.8 Å². The first kappa shape index (κ1) is 21.2. The smallest absolute Gasteiger partial charge is 0.211 e. The van der Waals surface area contributed by atoms with Crippen LogP contribution in [0.1, 0.15) is 102 Å². The molecule has 1 aromatic carbocycles. The summed E-state index contributed by atoms with van der Waals surface area (Å²) in [5.74, 6) is 0.723. The quantitative estimate of drug-likeness (QED) is 0.594. The zero-order chi connectivity index (χ0) is 18.5. The van der Waals surface area contributed by atoms with Crippen molar-refractivity contribution in [1.82, 2.24) is 4.72 Å². The third-order valence-electron chi connectivity index (χ3n) is 4.42. The van der Waals surface area contributed by atoms with Gasteiger partial charge in [-0.25, -0.2) is 13.1 Å². The van der Waals surface area contributed by atoms with Crippen LogP contribution in [0.15, 0.2) is 17.0 Å². The summed E-state index contributed by atoms with van der Waals surface area (Å²) in [7, 11) is -3.48. The molecule has 4 heteroatoms. The maximum Gasteiger partial charge on any atom is 0.241 e. The van der Waals surface area contributed by atoms with Gasteiger partial charge >= 0.3 is 0 Å². The predicted molar refractivity (Wildman–Crippen MR) is 103 cm³/mol. The summed E-state index contributed by atoms with van der Waals surface area (Å²) in [6.07, 6.45) is 3.01. The third-order valence-corrected chi connectivity index (χ3v) is 6.01. The van der Waals surface area contributed by atoms with Crippen molar-refractivity contribution in [1.29, 1.82) is 0 Å². The molecule has 0 fully saturated rings. The van der Waals surface area contributed by atoms with E-state index < -0.39 is 10.0 Å². The van der Waals surface area contributed by atoms with Crippen molar-refractivity contribution in [3.8, 4) is 0 Å². The predicted octanol–water partition coefficient (Wildman–Crippen LogP) is 5.53. The highest BCUT2D eigenvalue weighted by atomic mass is 32.2. The van der Waals surface area contributed by atoms with E-state index in [0.29, 0.717) is 17.4 Å². The van der Waals surface area contributed by atoms with Crippen LogP contribution in [-0.4, -0.2) is 15.0 Å². The summed E-state index contributed by atoms with van der Waals surface area (Å²) in [6, 6.07) is 4.17. The Morgan fingerprint density at radius 2 is 1.38 bits per heavy atom. The molecule has 0 amide bonds. The molecular weight excluding hydrogens is 318 g/mol. The van der Waals surface area contributed by atoms with Gasteiger partial charge in [0.15, 0.2) is 0 Å². The Morgan fingerprint density at radius 1 is 0.875 bits per heavy atom. The Morgan fingerprint density at radius 3 is 1.75 bits per heavy atom. The van der Waals surface area contributed by atoms with Gasteiger partial charge in [0.1, 0.15) is 0 Å². The van der Waals surface area contributed by atoms with Crippen LogP contribution in [0.5, 0.6) is 0 Å². The first-order valence-corrected chi connectivity index (χ1v) is 10.8. The fourth-order valence-corrected chi connectivity index (χ4v) is 4.62. The van der Waals surface area contributed by atoms with Gasteiger partial charge in [0.05, 0.1) is 4.90 Å². The minimum absolute atomic E-state index is 0.170. The summed E-state index contributed by atoms with van der Waals surface area (Å²) in [4.78, 5) is 0.508. The van der Waals surface area contributed by atoms with Gasteiger partial charge in [0.25, 0.3) is 0 Å². The second-order valence-corrected chi connectivity index (χ2v) is 9.30. The van der Waals surface area contributed by atoms with Crippen molar-refractivity contribution in [3.63, 3.8) is 0 Å². The molecule has 0 aromatic heterocycles. The molecule has 0 aliphatic heterocycles. The Kier molecular flexibility index (Phi) is 7.94. The van der Waals surface area contributed by atoms with Crippen molar-refractivity contribution in [2.75, 3.05) is 6.54 Å². The van der Waals surface area contributed by atoms with Crippen LogP contribution < -0.4 is 4.72 Å². The van der Waals surface area contributed by atoms with E-state index in [2.05, 4.69) is 65.3 Å². The van der Waals surface area contributed by atoms with Crippen LogP contribution >= 0.6 is 0 Å². The van der Waals surface area contributed by atoms with Crippen LogP contribution in [-0.2, 0) is 10.0 Å². The van der Waals surface area contributed by atoms with E-state index in [1.807, 2.05) is 0 Å². The van der Waals surface area contributed by atoms with Crippen molar-refractivity contribution >= 4 is 10.0 Å². The fourth-order valence-electron chi connectivity index (χ4n) is 2.85. The van der Waals surface area contributed by atoms with E-state index in [4.69, 9.17) is 0 Å². The first-order valence-electron chi connectivity index (χ1n) is 9.29. The number of sulfonamides is 1. The van der Waals surface area contributed by atoms with E-state index >= 15 is 0 Å². The summed E-state index contributed by atoms with van der Waals surface area (Å²) in [5.41, 5.74) is 3.09. The molecule has 138 valence electrons. The summed E-state index contributed by atoms with van der Waals surface area (Å²) in [5, 5.41) is 0. The highest BCUT2D eigenvalue weighted by Gasteiger charge is 2.26. The number of hydrogen-bond acceptors (Lipinski definition) is 2. The van der Waals surface area contributed by atoms with Gasteiger partial charge in [0, 0.05) is 6.54 Å². The molecular formula is C20H35NO2S. The second-order valence-electron chi connectivity index (χ2n) is 7.60. The number of benzene rings is 1. The molecule has 0 unspecified atom stereocenters. The Hall–Kier alpha value is -0.870. The maximum atomic E-state index is 13.0. The molecule has 0 heterocycles. The van der Waals surface area contributed by atoms with Gasteiger partial charge in [-0.15, -0.1) is 0 Å². The zero-order valence-corrected chi connectivity index (χ0v) is 17.3. The van der Waals surface area contributed by atoms with Crippen LogP contribution in [0.25, 0.3) is 0 Å². The average Bonchev–Trinajstić information content (AvgIpc) is 2.50. The van der Waals surface area contributed by atoms with Gasteiger partial charge in [-0.1, -0.05) is 73.4 Å². The van der Waals surface area contributed by atoms with E-state index in [9.17, 15) is 8.42 Å². The van der Waals surface area contributed by atoms with Crippen molar-refractivity contribution < 1.29 is 8.42 Å². The molecule has 1 rings (SSSR count).